The van der Waals surface area contributed by atoms with E-state index in [1.165, 1.54) is 35.4 Å². The van der Waals surface area contributed by atoms with E-state index in [2.05, 4.69) is 20.9 Å². The zero-order valence-corrected chi connectivity index (χ0v) is 20.8. The van der Waals surface area contributed by atoms with Crippen LogP contribution >= 0.6 is 23.1 Å². The molecule has 0 aliphatic rings. The van der Waals surface area contributed by atoms with Crippen molar-refractivity contribution < 1.29 is 18.8 Å². The van der Waals surface area contributed by atoms with Crippen molar-refractivity contribution in [2.45, 2.75) is 17.1 Å². The maximum Gasteiger partial charge on any atom is 0.272 e. The highest BCUT2D eigenvalue weighted by Crippen LogP contribution is 2.26. The summed E-state index contributed by atoms with van der Waals surface area (Å²) >= 11 is 2.75. The van der Waals surface area contributed by atoms with Gasteiger partial charge < -0.3 is 20.4 Å². The Kier molecular flexibility index (Phi) is 8.32. The molecule has 2 aromatic carbocycles. The van der Waals surface area contributed by atoms with Gasteiger partial charge in [-0.2, -0.15) is 0 Å². The molecule has 3 amide bonds. The SMILES string of the molecule is CC(Sc1ccc(NC(=O)C(=Cc2ccco2)NC(=O)c2ccccc2)cc1)C(=O)Nc1nccs1. The van der Waals surface area contributed by atoms with Gasteiger partial charge in [0.2, 0.25) is 5.91 Å². The van der Waals surface area contributed by atoms with E-state index >= 15 is 0 Å². The minimum absolute atomic E-state index is 0.0322. The molecule has 8 nitrogen and oxygen atoms in total. The normalized spacial score (nSPS) is 12.0. The molecule has 0 spiro atoms. The summed E-state index contributed by atoms with van der Waals surface area (Å²) in [6, 6.07) is 19.1. The molecule has 0 saturated heterocycles. The molecule has 0 fully saturated rings. The molecule has 1 atom stereocenters. The number of thiazole rings is 1. The average Bonchev–Trinajstić information content (AvgIpc) is 3.60. The minimum Gasteiger partial charge on any atom is -0.465 e. The van der Waals surface area contributed by atoms with Crippen LogP contribution in [0.15, 0.2) is 99.6 Å². The van der Waals surface area contributed by atoms with Crippen LogP contribution in [0.3, 0.4) is 0 Å². The Morgan fingerprint density at radius 1 is 1.00 bits per heavy atom. The van der Waals surface area contributed by atoms with Crippen molar-refractivity contribution >= 4 is 57.7 Å². The number of nitrogens with one attached hydrogen (secondary N) is 3. The lowest BCUT2D eigenvalue weighted by molar-refractivity contribution is -0.115. The number of rotatable bonds is 9. The summed E-state index contributed by atoms with van der Waals surface area (Å²) in [4.78, 5) is 42.9. The van der Waals surface area contributed by atoms with Gasteiger partial charge in [-0.05, 0) is 55.5 Å². The first-order chi connectivity index (χ1) is 17.5. The van der Waals surface area contributed by atoms with Gasteiger partial charge in [-0.3, -0.25) is 14.4 Å². The minimum atomic E-state index is -0.507. The van der Waals surface area contributed by atoms with E-state index in [0.717, 1.165) is 4.90 Å². The molecule has 0 aliphatic heterocycles. The van der Waals surface area contributed by atoms with Crippen LogP contribution in [-0.4, -0.2) is 28.0 Å². The highest BCUT2D eigenvalue weighted by Gasteiger charge is 2.17. The summed E-state index contributed by atoms with van der Waals surface area (Å²) in [5, 5.41) is 10.2. The van der Waals surface area contributed by atoms with Gasteiger partial charge >= 0.3 is 0 Å². The maximum atomic E-state index is 13.0. The Hall–Kier alpha value is -4.15. The molecule has 182 valence electrons. The van der Waals surface area contributed by atoms with Crippen molar-refractivity contribution in [3.63, 3.8) is 0 Å². The first kappa shape index (κ1) is 25.0. The van der Waals surface area contributed by atoms with Crippen LogP contribution in [0, 0.1) is 0 Å². The van der Waals surface area contributed by atoms with Crippen molar-refractivity contribution in [3.8, 4) is 0 Å². The lowest BCUT2D eigenvalue weighted by Crippen LogP contribution is -2.30. The van der Waals surface area contributed by atoms with E-state index in [0.29, 0.717) is 22.1 Å². The van der Waals surface area contributed by atoms with Gasteiger partial charge in [0, 0.05) is 33.8 Å². The number of aromatic nitrogens is 1. The molecule has 10 heteroatoms. The number of furan rings is 1. The van der Waals surface area contributed by atoms with Crippen LogP contribution < -0.4 is 16.0 Å². The number of benzene rings is 2. The fraction of sp³-hybridized carbons (Fsp3) is 0.0769. The molecule has 0 bridgehead atoms. The number of hydrogen-bond acceptors (Lipinski definition) is 7. The molecule has 2 heterocycles. The molecule has 3 N–H and O–H groups in total. The fourth-order valence-corrected chi connectivity index (χ4v) is 4.42. The summed E-state index contributed by atoms with van der Waals surface area (Å²) < 4.78 is 5.31. The van der Waals surface area contributed by atoms with Crippen LogP contribution in [-0.2, 0) is 9.59 Å². The number of anilines is 2. The first-order valence-corrected chi connectivity index (χ1v) is 12.6. The molecule has 36 heavy (non-hydrogen) atoms. The third-order valence-corrected chi connectivity index (χ3v) is 6.62. The van der Waals surface area contributed by atoms with Crippen molar-refractivity contribution in [1.82, 2.24) is 10.3 Å². The van der Waals surface area contributed by atoms with Gasteiger partial charge in [0.25, 0.3) is 11.8 Å². The standard InChI is InChI=1S/C26H22N4O4S2/c1-17(23(31)30-26-27-13-15-35-26)36-21-11-9-19(10-12-21)28-25(33)22(16-20-8-5-14-34-20)29-24(32)18-6-3-2-4-7-18/h2-17H,1H3,(H,28,33)(H,29,32)(H,27,30,31). The molecular formula is C26H22N4O4S2. The van der Waals surface area contributed by atoms with Crippen molar-refractivity contribution in [1.29, 1.82) is 0 Å². The largest absolute Gasteiger partial charge is 0.465 e. The third kappa shape index (κ3) is 6.94. The van der Waals surface area contributed by atoms with Crippen molar-refractivity contribution in [2.24, 2.45) is 0 Å². The molecule has 0 aliphatic carbocycles. The number of thioether (sulfide) groups is 1. The van der Waals surface area contributed by atoms with E-state index in [-0.39, 0.29) is 16.9 Å². The second-order valence-electron chi connectivity index (χ2n) is 7.46. The van der Waals surface area contributed by atoms with Crippen molar-refractivity contribution in [3.05, 3.63) is 102 Å². The van der Waals surface area contributed by atoms with E-state index in [1.54, 1.807) is 66.2 Å². The summed E-state index contributed by atoms with van der Waals surface area (Å²) in [6.45, 7) is 1.81. The average molecular weight is 519 g/mol. The van der Waals surface area contributed by atoms with Crippen LogP contribution in [0.5, 0.6) is 0 Å². The first-order valence-electron chi connectivity index (χ1n) is 10.9. The number of hydrogen-bond donors (Lipinski definition) is 3. The third-order valence-electron chi connectivity index (χ3n) is 4.82. The number of amides is 3. The second kappa shape index (κ2) is 12.0. The predicted molar refractivity (Wildman–Crippen MR) is 142 cm³/mol. The molecule has 2 aromatic heterocycles. The van der Waals surface area contributed by atoms with Crippen LogP contribution in [0.25, 0.3) is 6.08 Å². The quantitative estimate of drug-likeness (QED) is 0.206. The fourth-order valence-electron chi connectivity index (χ4n) is 3.02. The molecule has 0 radical (unpaired) electrons. The smallest absolute Gasteiger partial charge is 0.272 e. The van der Waals surface area contributed by atoms with E-state index < -0.39 is 11.8 Å². The lowest BCUT2D eigenvalue weighted by atomic mass is 10.2. The highest BCUT2D eigenvalue weighted by molar-refractivity contribution is 8.00. The molecule has 4 aromatic rings. The zero-order valence-electron chi connectivity index (χ0n) is 19.1. The van der Waals surface area contributed by atoms with Crippen LogP contribution in [0.4, 0.5) is 10.8 Å². The topological polar surface area (TPSA) is 113 Å². The number of carbonyl (C=O) groups is 3. The van der Waals surface area contributed by atoms with Crippen LogP contribution in [0.2, 0.25) is 0 Å². The summed E-state index contributed by atoms with van der Waals surface area (Å²) in [5.41, 5.74) is 0.985. The monoisotopic (exact) mass is 518 g/mol. The second-order valence-corrected chi connectivity index (χ2v) is 9.77. The summed E-state index contributed by atoms with van der Waals surface area (Å²) in [7, 11) is 0. The Bertz CT molecular complexity index is 1340. The number of carbonyl (C=O) groups excluding carboxylic acids is 3. The van der Waals surface area contributed by atoms with E-state index in [4.69, 9.17) is 4.42 Å². The van der Waals surface area contributed by atoms with Gasteiger partial charge in [-0.15, -0.1) is 23.1 Å². The van der Waals surface area contributed by atoms with Crippen molar-refractivity contribution in [2.75, 3.05) is 10.6 Å². The molecule has 4 rings (SSSR count). The highest BCUT2D eigenvalue weighted by atomic mass is 32.2. The van der Waals surface area contributed by atoms with Crippen LogP contribution in [0.1, 0.15) is 23.0 Å². The zero-order chi connectivity index (χ0) is 25.3. The van der Waals surface area contributed by atoms with E-state index in [1.807, 2.05) is 19.1 Å². The van der Waals surface area contributed by atoms with Gasteiger partial charge in [0.1, 0.15) is 11.5 Å². The Morgan fingerprint density at radius 2 is 1.78 bits per heavy atom. The number of nitrogens with zero attached hydrogens (tertiary/aromatic N) is 1. The maximum absolute atomic E-state index is 13.0. The van der Waals surface area contributed by atoms with E-state index in [9.17, 15) is 14.4 Å². The van der Waals surface area contributed by atoms with Gasteiger partial charge in [-0.25, -0.2) is 4.98 Å². The molecule has 1 unspecified atom stereocenters. The Labute approximate surface area is 215 Å². The lowest BCUT2D eigenvalue weighted by Gasteiger charge is -2.12. The van der Waals surface area contributed by atoms with Gasteiger partial charge in [0.05, 0.1) is 11.5 Å². The predicted octanol–water partition coefficient (Wildman–Crippen LogP) is 5.27. The Morgan fingerprint density at radius 3 is 2.44 bits per heavy atom. The van der Waals surface area contributed by atoms with Gasteiger partial charge in [-0.1, -0.05) is 18.2 Å². The Balaban J connectivity index is 1.40. The molecule has 0 saturated carbocycles. The van der Waals surface area contributed by atoms with Gasteiger partial charge in [0.15, 0.2) is 5.13 Å². The summed E-state index contributed by atoms with van der Waals surface area (Å²) in [5.74, 6) is -0.646. The molecular weight excluding hydrogens is 496 g/mol. The summed E-state index contributed by atoms with van der Waals surface area (Å²) in [6.07, 6.45) is 4.57.